The highest BCUT2D eigenvalue weighted by Gasteiger charge is 2.33. The van der Waals surface area contributed by atoms with Crippen LogP contribution in [-0.4, -0.2) is 38.1 Å². The molecule has 0 saturated heterocycles. The van der Waals surface area contributed by atoms with Crippen LogP contribution in [0.4, 0.5) is 0 Å². The second-order valence-electron chi connectivity index (χ2n) is 8.73. The van der Waals surface area contributed by atoms with Crippen molar-refractivity contribution in [3.63, 3.8) is 0 Å². The van der Waals surface area contributed by atoms with Gasteiger partial charge in [-0.15, -0.1) is 0 Å². The number of hydrogen-bond donors (Lipinski definition) is 0. The van der Waals surface area contributed by atoms with E-state index in [-0.39, 0.29) is 5.91 Å². The molecule has 1 amide bonds. The molecule has 166 valence electrons. The van der Waals surface area contributed by atoms with Crippen LogP contribution >= 0.6 is 23.2 Å². The first kappa shape index (κ1) is 21.5. The first-order chi connectivity index (χ1) is 15.5. The van der Waals surface area contributed by atoms with Gasteiger partial charge in [0, 0.05) is 54.6 Å². The van der Waals surface area contributed by atoms with Gasteiger partial charge in [-0.2, -0.15) is 5.10 Å². The number of rotatable bonds is 6. The lowest BCUT2D eigenvalue weighted by molar-refractivity contribution is -0.130. The molecular formula is C25H26Cl2N4O. The van der Waals surface area contributed by atoms with E-state index in [0.29, 0.717) is 17.6 Å². The van der Waals surface area contributed by atoms with Gasteiger partial charge in [-0.3, -0.25) is 9.69 Å². The van der Waals surface area contributed by atoms with Gasteiger partial charge < -0.3 is 4.90 Å². The molecule has 0 atom stereocenters. The summed E-state index contributed by atoms with van der Waals surface area (Å²) in [6.07, 6.45) is 3.07. The van der Waals surface area contributed by atoms with Gasteiger partial charge in [0.25, 0.3) is 0 Å². The van der Waals surface area contributed by atoms with Gasteiger partial charge in [-0.25, -0.2) is 4.68 Å². The summed E-state index contributed by atoms with van der Waals surface area (Å²) in [6, 6.07) is 16.2. The molecule has 0 bridgehead atoms. The number of benzene rings is 2. The van der Waals surface area contributed by atoms with E-state index < -0.39 is 0 Å². The van der Waals surface area contributed by atoms with E-state index in [0.717, 1.165) is 55.3 Å². The number of carbonyl (C=O) groups excluding carboxylic acids is 1. The average molecular weight is 469 g/mol. The van der Waals surface area contributed by atoms with Crippen LogP contribution in [0.25, 0.3) is 5.69 Å². The minimum absolute atomic E-state index is 0.119. The number of amides is 1. The zero-order valence-electron chi connectivity index (χ0n) is 18.1. The maximum Gasteiger partial charge on any atom is 0.220 e. The maximum atomic E-state index is 12.3. The monoisotopic (exact) mass is 468 g/mol. The van der Waals surface area contributed by atoms with Gasteiger partial charge in [-0.05, 0) is 54.8 Å². The summed E-state index contributed by atoms with van der Waals surface area (Å²) < 4.78 is 2.04. The second-order valence-corrected chi connectivity index (χ2v) is 9.60. The highest BCUT2D eigenvalue weighted by molar-refractivity contribution is 6.30. The molecule has 7 heteroatoms. The van der Waals surface area contributed by atoms with Crippen molar-refractivity contribution in [1.82, 2.24) is 19.6 Å². The molecule has 32 heavy (non-hydrogen) atoms. The fraction of sp³-hybridized carbons (Fsp3) is 0.360. The van der Waals surface area contributed by atoms with Crippen molar-refractivity contribution in [2.75, 3.05) is 6.54 Å². The van der Waals surface area contributed by atoms with E-state index in [9.17, 15) is 4.79 Å². The van der Waals surface area contributed by atoms with Crippen molar-refractivity contribution in [3.05, 3.63) is 81.1 Å². The maximum absolute atomic E-state index is 12.3. The summed E-state index contributed by atoms with van der Waals surface area (Å²) in [7, 11) is 0. The molecule has 0 radical (unpaired) electrons. The minimum atomic E-state index is 0.119. The van der Waals surface area contributed by atoms with Crippen molar-refractivity contribution in [3.8, 4) is 5.69 Å². The largest absolute Gasteiger partial charge is 0.334 e. The number of aromatic nitrogens is 2. The lowest BCUT2D eigenvalue weighted by atomic mass is 10.0. The molecule has 1 saturated carbocycles. The Morgan fingerprint density at radius 2 is 1.91 bits per heavy atom. The van der Waals surface area contributed by atoms with Crippen LogP contribution in [0.2, 0.25) is 10.0 Å². The van der Waals surface area contributed by atoms with Gasteiger partial charge in [0.1, 0.15) is 0 Å². The molecule has 1 aliphatic heterocycles. The van der Waals surface area contributed by atoms with Crippen molar-refractivity contribution in [2.24, 2.45) is 0 Å². The van der Waals surface area contributed by atoms with Crippen LogP contribution in [0.5, 0.6) is 0 Å². The normalized spacial score (nSPS) is 16.1. The summed E-state index contributed by atoms with van der Waals surface area (Å²) >= 11 is 12.3. The van der Waals surface area contributed by atoms with Crippen LogP contribution in [0.3, 0.4) is 0 Å². The second kappa shape index (κ2) is 8.89. The van der Waals surface area contributed by atoms with Crippen molar-refractivity contribution in [1.29, 1.82) is 0 Å². The average Bonchev–Trinajstić information content (AvgIpc) is 3.54. The first-order valence-corrected chi connectivity index (χ1v) is 11.8. The van der Waals surface area contributed by atoms with E-state index in [1.165, 1.54) is 16.8 Å². The fourth-order valence-electron chi connectivity index (χ4n) is 4.54. The topological polar surface area (TPSA) is 41.4 Å². The van der Waals surface area contributed by atoms with Gasteiger partial charge in [0.15, 0.2) is 0 Å². The highest BCUT2D eigenvalue weighted by atomic mass is 35.5. The standard InChI is InChI=1S/C25H26Cl2N4O/c1-17(32)30(21-9-10-21)16-24-23-15-29(14-18-3-2-4-20(27)13-18)12-11-25(23)31(28-24)22-7-5-19(26)6-8-22/h2-8,13,21H,9-12,14-16H2,1H3. The molecule has 2 aliphatic rings. The summed E-state index contributed by atoms with van der Waals surface area (Å²) in [4.78, 5) is 16.7. The van der Waals surface area contributed by atoms with E-state index in [1.807, 2.05) is 52.0 Å². The summed E-state index contributed by atoms with van der Waals surface area (Å²) in [5.74, 6) is 0.119. The molecule has 5 nitrogen and oxygen atoms in total. The lowest BCUT2D eigenvalue weighted by Crippen LogP contribution is -2.33. The molecule has 1 fully saturated rings. The Balaban J connectivity index is 1.47. The molecule has 3 aromatic rings. The van der Waals surface area contributed by atoms with Crippen molar-refractivity contribution < 1.29 is 4.79 Å². The Labute approximate surface area is 198 Å². The summed E-state index contributed by atoms with van der Waals surface area (Å²) in [5.41, 5.74) is 5.66. The van der Waals surface area contributed by atoms with Crippen LogP contribution in [0.15, 0.2) is 48.5 Å². The van der Waals surface area contributed by atoms with Gasteiger partial charge in [-0.1, -0.05) is 35.3 Å². The predicted molar refractivity (Wildman–Crippen MR) is 127 cm³/mol. The molecule has 2 aromatic carbocycles. The zero-order chi connectivity index (χ0) is 22.2. The third kappa shape index (κ3) is 4.56. The minimum Gasteiger partial charge on any atom is -0.334 e. The van der Waals surface area contributed by atoms with Crippen LogP contribution in [0, 0.1) is 0 Å². The van der Waals surface area contributed by atoms with Crippen LogP contribution in [0.1, 0.15) is 42.3 Å². The van der Waals surface area contributed by atoms with E-state index >= 15 is 0 Å². The Hall–Kier alpha value is -2.34. The highest BCUT2D eigenvalue weighted by Crippen LogP contribution is 2.32. The van der Waals surface area contributed by atoms with E-state index in [4.69, 9.17) is 28.3 Å². The van der Waals surface area contributed by atoms with E-state index in [2.05, 4.69) is 11.0 Å². The SMILES string of the molecule is CC(=O)N(Cc1nn(-c2ccc(Cl)cc2)c2c1CN(Cc1cccc(Cl)c1)CC2)C1CC1. The molecule has 5 rings (SSSR count). The number of nitrogens with zero attached hydrogens (tertiary/aromatic N) is 4. The predicted octanol–water partition coefficient (Wildman–Crippen LogP) is 5.25. The fourth-order valence-corrected chi connectivity index (χ4v) is 4.88. The third-order valence-electron chi connectivity index (χ3n) is 6.30. The number of fused-ring (bicyclic) bond motifs is 1. The smallest absolute Gasteiger partial charge is 0.220 e. The number of halogens is 2. The lowest BCUT2D eigenvalue weighted by Gasteiger charge is -2.28. The number of hydrogen-bond acceptors (Lipinski definition) is 3. The Bertz CT molecular complexity index is 1140. The molecule has 2 heterocycles. The Morgan fingerprint density at radius 1 is 1.12 bits per heavy atom. The third-order valence-corrected chi connectivity index (χ3v) is 6.79. The van der Waals surface area contributed by atoms with Crippen molar-refractivity contribution >= 4 is 29.1 Å². The van der Waals surface area contributed by atoms with Gasteiger partial charge in [0.2, 0.25) is 5.91 Å². The summed E-state index contributed by atoms with van der Waals surface area (Å²) in [5, 5.41) is 6.48. The van der Waals surface area contributed by atoms with Crippen LogP contribution < -0.4 is 0 Å². The quantitative estimate of drug-likeness (QED) is 0.495. The first-order valence-electron chi connectivity index (χ1n) is 11.1. The molecule has 1 aliphatic carbocycles. The molecular weight excluding hydrogens is 443 g/mol. The zero-order valence-corrected chi connectivity index (χ0v) is 19.6. The molecule has 0 N–H and O–H groups in total. The number of carbonyl (C=O) groups is 1. The van der Waals surface area contributed by atoms with Gasteiger partial charge in [0.05, 0.1) is 23.6 Å². The molecule has 1 aromatic heterocycles. The molecule has 0 spiro atoms. The van der Waals surface area contributed by atoms with E-state index in [1.54, 1.807) is 6.92 Å². The van der Waals surface area contributed by atoms with Crippen LogP contribution in [-0.2, 0) is 30.8 Å². The molecule has 0 unspecified atom stereocenters. The summed E-state index contributed by atoms with van der Waals surface area (Å²) in [6.45, 7) is 4.81. The Kier molecular flexibility index (Phi) is 5.97. The Morgan fingerprint density at radius 3 is 2.59 bits per heavy atom. The van der Waals surface area contributed by atoms with Gasteiger partial charge >= 0.3 is 0 Å². The van der Waals surface area contributed by atoms with Crippen molar-refractivity contribution in [2.45, 2.75) is 51.9 Å².